The lowest BCUT2D eigenvalue weighted by atomic mass is 10.0. The second-order valence-electron chi connectivity index (χ2n) is 11.0. The van der Waals surface area contributed by atoms with Gasteiger partial charge in [0, 0.05) is 0 Å². The smallest absolute Gasteiger partial charge is 0.119 e. The topological polar surface area (TPSA) is 58.9 Å². The summed E-state index contributed by atoms with van der Waals surface area (Å²) in [7, 11) is 0. The van der Waals surface area contributed by atoms with E-state index >= 15 is 0 Å². The molecule has 4 aromatic carbocycles. The minimum atomic E-state index is -0.261. The fraction of sp³-hybridized carbons (Fsp3) is 0.351. The number of aliphatic hydroxyl groups excluding tert-OH is 2. The summed E-state index contributed by atoms with van der Waals surface area (Å²) in [5, 5.41) is 18.9. The molecule has 2 atom stereocenters. The summed E-state index contributed by atoms with van der Waals surface area (Å²) in [6.45, 7) is 5.06. The fourth-order valence-electron chi connectivity index (χ4n) is 4.73. The maximum absolute atomic E-state index is 9.47. The van der Waals surface area contributed by atoms with Crippen molar-refractivity contribution in [3.63, 3.8) is 0 Å². The third kappa shape index (κ3) is 10.4. The molecule has 0 aromatic heterocycles. The van der Waals surface area contributed by atoms with Gasteiger partial charge in [0.05, 0.1) is 25.4 Å². The first-order valence-corrected chi connectivity index (χ1v) is 15.0. The molecule has 216 valence electrons. The summed E-state index contributed by atoms with van der Waals surface area (Å²) in [5.41, 5.74) is 7.22. The summed E-state index contributed by atoms with van der Waals surface area (Å²) in [6, 6.07) is 33.7. The van der Waals surface area contributed by atoms with Crippen LogP contribution in [0.15, 0.2) is 97.1 Å². The number of benzene rings is 4. The molecule has 0 aliphatic heterocycles. The third-order valence-electron chi connectivity index (χ3n) is 7.31. The van der Waals surface area contributed by atoms with Gasteiger partial charge in [-0.3, -0.25) is 0 Å². The number of hydrogen-bond acceptors (Lipinski definition) is 4. The highest BCUT2D eigenvalue weighted by atomic mass is 16.5. The van der Waals surface area contributed by atoms with Crippen molar-refractivity contribution in [2.24, 2.45) is 0 Å². The molecule has 2 unspecified atom stereocenters. The van der Waals surface area contributed by atoms with Crippen LogP contribution >= 0.6 is 0 Å². The normalized spacial score (nSPS) is 12.6. The Hall–Kier alpha value is -3.60. The molecule has 0 saturated heterocycles. The van der Waals surface area contributed by atoms with Gasteiger partial charge in [-0.15, -0.1) is 0 Å². The van der Waals surface area contributed by atoms with Gasteiger partial charge < -0.3 is 19.7 Å². The zero-order chi connectivity index (χ0) is 28.9. The first-order valence-electron chi connectivity index (χ1n) is 15.0. The van der Waals surface area contributed by atoms with Crippen LogP contribution < -0.4 is 9.47 Å². The molecule has 4 rings (SSSR count). The van der Waals surface area contributed by atoms with Gasteiger partial charge in [0.1, 0.15) is 11.5 Å². The molecule has 2 N–H and O–H groups in total. The molecule has 0 aliphatic carbocycles. The van der Waals surface area contributed by atoms with Crippen LogP contribution in [-0.4, -0.2) is 35.6 Å². The summed E-state index contributed by atoms with van der Waals surface area (Å²) >= 11 is 0. The van der Waals surface area contributed by atoms with E-state index in [1.165, 1.54) is 33.4 Å². The van der Waals surface area contributed by atoms with Gasteiger partial charge in [-0.25, -0.2) is 0 Å². The molecule has 4 aromatic rings. The van der Waals surface area contributed by atoms with Crippen molar-refractivity contribution in [2.45, 2.75) is 71.0 Å². The number of unbranched alkanes of at least 4 members (excludes halogenated alkanes) is 2. The molecule has 0 fully saturated rings. The molecular formula is C37H44O4. The molecule has 0 radical (unpaired) electrons. The maximum atomic E-state index is 9.47. The van der Waals surface area contributed by atoms with Crippen molar-refractivity contribution >= 4 is 0 Å². The largest absolute Gasteiger partial charge is 0.494 e. The fourth-order valence-corrected chi connectivity index (χ4v) is 4.73. The average Bonchev–Trinajstić information content (AvgIpc) is 3.00. The van der Waals surface area contributed by atoms with Crippen LogP contribution in [-0.2, 0) is 12.8 Å². The minimum Gasteiger partial charge on any atom is -0.494 e. The molecule has 41 heavy (non-hydrogen) atoms. The van der Waals surface area contributed by atoms with E-state index in [-0.39, 0.29) is 12.2 Å². The van der Waals surface area contributed by atoms with Gasteiger partial charge >= 0.3 is 0 Å². The van der Waals surface area contributed by atoms with Crippen molar-refractivity contribution in [3.8, 4) is 33.8 Å². The Labute approximate surface area is 245 Å². The Morgan fingerprint density at radius 3 is 1.10 bits per heavy atom. The van der Waals surface area contributed by atoms with Crippen molar-refractivity contribution in [2.75, 3.05) is 13.2 Å². The van der Waals surface area contributed by atoms with Crippen LogP contribution in [0.25, 0.3) is 22.3 Å². The standard InChI is InChI=1S/C37H44O4/c1-28(38)6-8-30-10-14-32(15-11-30)34-18-22-36(23-19-34)40-26-4-3-5-27-41-37-24-20-35(21-25-37)33-16-12-31(13-17-33)9-7-29(2)39/h10-25,28-29,38-39H,3-9,26-27H2,1-2H3. The van der Waals surface area contributed by atoms with E-state index in [2.05, 4.69) is 72.8 Å². The van der Waals surface area contributed by atoms with Gasteiger partial charge in [-0.05, 0) is 116 Å². The lowest BCUT2D eigenvalue weighted by Crippen LogP contribution is -2.01. The Bertz CT molecular complexity index is 1170. The second kappa shape index (κ2) is 16.0. The number of rotatable bonds is 16. The zero-order valence-electron chi connectivity index (χ0n) is 24.5. The van der Waals surface area contributed by atoms with Gasteiger partial charge in [0.2, 0.25) is 0 Å². The van der Waals surface area contributed by atoms with E-state index < -0.39 is 0 Å². The first kappa shape index (κ1) is 30.4. The summed E-state index contributed by atoms with van der Waals surface area (Å²) < 4.78 is 11.9. The Kier molecular flexibility index (Phi) is 11.8. The SMILES string of the molecule is CC(O)CCc1ccc(-c2ccc(OCCCCCOc3ccc(-c4ccc(CCC(C)O)cc4)cc3)cc2)cc1. The molecular weight excluding hydrogens is 508 g/mol. The number of hydrogen-bond donors (Lipinski definition) is 2. The van der Waals surface area contributed by atoms with E-state index in [9.17, 15) is 10.2 Å². The van der Waals surface area contributed by atoms with E-state index in [0.717, 1.165) is 56.4 Å². The van der Waals surface area contributed by atoms with Crippen LogP contribution in [0.1, 0.15) is 57.1 Å². The maximum Gasteiger partial charge on any atom is 0.119 e. The van der Waals surface area contributed by atoms with E-state index in [0.29, 0.717) is 13.2 Å². The molecule has 0 aliphatic rings. The molecule has 0 amide bonds. The lowest BCUT2D eigenvalue weighted by Gasteiger charge is -2.10. The summed E-state index contributed by atoms with van der Waals surface area (Å²) in [6.07, 6.45) is 5.88. The molecule has 4 heteroatoms. The van der Waals surface area contributed by atoms with E-state index in [1.807, 2.05) is 38.1 Å². The van der Waals surface area contributed by atoms with Crippen molar-refractivity contribution in [1.29, 1.82) is 0 Å². The Morgan fingerprint density at radius 2 is 0.780 bits per heavy atom. The molecule has 0 saturated carbocycles. The summed E-state index contributed by atoms with van der Waals surface area (Å²) in [4.78, 5) is 0. The number of aryl methyl sites for hydroxylation is 2. The van der Waals surface area contributed by atoms with Crippen LogP contribution in [0.4, 0.5) is 0 Å². The third-order valence-corrected chi connectivity index (χ3v) is 7.31. The first-order chi connectivity index (χ1) is 20.0. The molecule has 0 spiro atoms. The molecule has 0 bridgehead atoms. The highest BCUT2D eigenvalue weighted by Gasteiger charge is 2.04. The number of aliphatic hydroxyl groups is 2. The highest BCUT2D eigenvalue weighted by Crippen LogP contribution is 2.25. The van der Waals surface area contributed by atoms with Crippen LogP contribution in [0.2, 0.25) is 0 Å². The van der Waals surface area contributed by atoms with Crippen LogP contribution in [0, 0.1) is 0 Å². The van der Waals surface area contributed by atoms with Gasteiger partial charge in [0.15, 0.2) is 0 Å². The Balaban J connectivity index is 1.10. The molecule has 4 nitrogen and oxygen atoms in total. The van der Waals surface area contributed by atoms with Crippen molar-refractivity contribution in [3.05, 3.63) is 108 Å². The van der Waals surface area contributed by atoms with Gasteiger partial charge in [-0.1, -0.05) is 72.8 Å². The highest BCUT2D eigenvalue weighted by molar-refractivity contribution is 5.65. The number of ether oxygens (including phenoxy) is 2. The van der Waals surface area contributed by atoms with Crippen LogP contribution in [0.3, 0.4) is 0 Å². The summed E-state index contributed by atoms with van der Waals surface area (Å²) in [5.74, 6) is 1.79. The van der Waals surface area contributed by atoms with Crippen molar-refractivity contribution in [1.82, 2.24) is 0 Å². The van der Waals surface area contributed by atoms with Gasteiger partial charge in [0.25, 0.3) is 0 Å². The predicted molar refractivity (Wildman–Crippen MR) is 169 cm³/mol. The monoisotopic (exact) mass is 552 g/mol. The minimum absolute atomic E-state index is 0.261. The van der Waals surface area contributed by atoms with E-state index in [1.54, 1.807) is 0 Å². The van der Waals surface area contributed by atoms with E-state index in [4.69, 9.17) is 9.47 Å². The predicted octanol–water partition coefficient (Wildman–Crippen LogP) is 8.28. The quantitative estimate of drug-likeness (QED) is 0.137. The van der Waals surface area contributed by atoms with Crippen LogP contribution in [0.5, 0.6) is 11.5 Å². The molecule has 0 heterocycles. The lowest BCUT2D eigenvalue weighted by molar-refractivity contribution is 0.184. The zero-order valence-corrected chi connectivity index (χ0v) is 24.5. The van der Waals surface area contributed by atoms with Gasteiger partial charge in [-0.2, -0.15) is 0 Å². The Morgan fingerprint density at radius 1 is 0.463 bits per heavy atom. The average molecular weight is 553 g/mol. The van der Waals surface area contributed by atoms with Crippen molar-refractivity contribution < 1.29 is 19.7 Å². The second-order valence-corrected chi connectivity index (χ2v) is 11.0.